The van der Waals surface area contributed by atoms with Gasteiger partial charge in [0.25, 0.3) is 0 Å². The standard InChI is InChI=1S/C14H18O/c15-14-12-7-3-1-5-10(12)9-11-6-2-4-8-13(11)14/h1,3,7,10-11,13H,2,4-6,8-9H2. The number of hydrogen-bond donors (Lipinski definition) is 0. The number of hydrogen-bond acceptors (Lipinski definition) is 1. The molecule has 3 atom stereocenters. The molecule has 0 aromatic heterocycles. The average Bonchev–Trinajstić information content (AvgIpc) is 2.30. The highest BCUT2D eigenvalue weighted by Crippen LogP contribution is 2.44. The molecule has 0 amide bonds. The molecular weight excluding hydrogens is 184 g/mol. The van der Waals surface area contributed by atoms with Gasteiger partial charge in [-0.3, -0.25) is 4.79 Å². The molecule has 2 saturated carbocycles. The molecular formula is C14H18O. The largest absolute Gasteiger partial charge is 0.294 e. The van der Waals surface area contributed by atoms with Crippen LogP contribution in [0.15, 0.2) is 23.8 Å². The average molecular weight is 202 g/mol. The van der Waals surface area contributed by atoms with E-state index >= 15 is 0 Å². The Morgan fingerprint density at radius 1 is 1.20 bits per heavy atom. The highest BCUT2D eigenvalue weighted by molar-refractivity contribution is 5.99. The Morgan fingerprint density at radius 2 is 2.07 bits per heavy atom. The summed E-state index contributed by atoms with van der Waals surface area (Å²) in [5.74, 6) is 2.13. The minimum Gasteiger partial charge on any atom is -0.294 e. The fourth-order valence-corrected chi connectivity index (χ4v) is 3.60. The van der Waals surface area contributed by atoms with Crippen molar-refractivity contribution >= 4 is 5.78 Å². The van der Waals surface area contributed by atoms with Crippen LogP contribution in [0.4, 0.5) is 0 Å². The van der Waals surface area contributed by atoms with Gasteiger partial charge in [0.15, 0.2) is 5.78 Å². The van der Waals surface area contributed by atoms with Crippen molar-refractivity contribution < 1.29 is 4.79 Å². The van der Waals surface area contributed by atoms with Crippen LogP contribution in [-0.2, 0) is 4.79 Å². The van der Waals surface area contributed by atoms with Gasteiger partial charge in [0.1, 0.15) is 0 Å². The van der Waals surface area contributed by atoms with E-state index in [0.717, 1.165) is 18.4 Å². The van der Waals surface area contributed by atoms with Gasteiger partial charge in [-0.2, -0.15) is 0 Å². The Balaban J connectivity index is 1.90. The molecule has 0 aliphatic heterocycles. The molecule has 3 rings (SSSR count). The van der Waals surface area contributed by atoms with Gasteiger partial charge in [0.05, 0.1) is 0 Å². The molecule has 1 nitrogen and oxygen atoms in total. The summed E-state index contributed by atoms with van der Waals surface area (Å²) in [6.07, 6.45) is 13.8. The molecule has 0 aromatic rings. The summed E-state index contributed by atoms with van der Waals surface area (Å²) in [7, 11) is 0. The van der Waals surface area contributed by atoms with Gasteiger partial charge in [0.2, 0.25) is 0 Å². The van der Waals surface area contributed by atoms with Crippen molar-refractivity contribution in [2.45, 2.75) is 38.5 Å². The smallest absolute Gasteiger partial charge is 0.162 e. The predicted molar refractivity (Wildman–Crippen MR) is 60.4 cm³/mol. The Hall–Kier alpha value is -0.850. The summed E-state index contributed by atoms with van der Waals surface area (Å²) in [6, 6.07) is 0. The predicted octanol–water partition coefficient (Wildman–Crippen LogP) is 3.27. The second-order valence-corrected chi connectivity index (χ2v) is 5.23. The number of carbonyl (C=O) groups is 1. The maximum atomic E-state index is 12.3. The van der Waals surface area contributed by atoms with E-state index in [0.29, 0.717) is 23.5 Å². The molecule has 3 aliphatic rings. The molecule has 1 heteroatoms. The van der Waals surface area contributed by atoms with Crippen LogP contribution in [0.3, 0.4) is 0 Å². The molecule has 0 radical (unpaired) electrons. The van der Waals surface area contributed by atoms with Gasteiger partial charge < -0.3 is 0 Å². The highest BCUT2D eigenvalue weighted by Gasteiger charge is 2.40. The quantitative estimate of drug-likeness (QED) is 0.589. The van der Waals surface area contributed by atoms with Gasteiger partial charge in [-0.05, 0) is 43.1 Å². The van der Waals surface area contributed by atoms with Crippen LogP contribution in [-0.4, -0.2) is 5.78 Å². The zero-order chi connectivity index (χ0) is 10.3. The lowest BCUT2D eigenvalue weighted by molar-refractivity contribution is -0.124. The molecule has 0 saturated heterocycles. The third kappa shape index (κ3) is 1.49. The van der Waals surface area contributed by atoms with Gasteiger partial charge >= 0.3 is 0 Å². The van der Waals surface area contributed by atoms with Crippen LogP contribution in [0, 0.1) is 17.8 Å². The first-order chi connectivity index (χ1) is 7.36. The van der Waals surface area contributed by atoms with Crippen molar-refractivity contribution in [2.24, 2.45) is 17.8 Å². The molecule has 0 heterocycles. The Labute approximate surface area is 91.2 Å². The summed E-state index contributed by atoms with van der Waals surface area (Å²) in [6.45, 7) is 0. The molecule has 3 unspecified atom stereocenters. The Morgan fingerprint density at radius 3 is 3.00 bits per heavy atom. The summed E-state index contributed by atoms with van der Waals surface area (Å²) in [5.41, 5.74) is 1.14. The van der Waals surface area contributed by atoms with E-state index in [-0.39, 0.29) is 0 Å². The number of carbonyl (C=O) groups excluding carboxylic acids is 1. The lowest BCUT2D eigenvalue weighted by Gasteiger charge is -2.40. The summed E-state index contributed by atoms with van der Waals surface area (Å²) < 4.78 is 0. The monoisotopic (exact) mass is 202 g/mol. The van der Waals surface area contributed by atoms with Gasteiger partial charge in [-0.1, -0.05) is 31.1 Å². The van der Waals surface area contributed by atoms with Gasteiger partial charge in [-0.15, -0.1) is 0 Å². The number of rotatable bonds is 0. The Kier molecular flexibility index (Phi) is 2.27. The molecule has 0 N–H and O–H groups in total. The Bertz CT molecular complexity index is 337. The van der Waals surface area contributed by atoms with Crippen molar-refractivity contribution in [2.75, 3.05) is 0 Å². The van der Waals surface area contributed by atoms with Crippen molar-refractivity contribution in [1.29, 1.82) is 0 Å². The second kappa shape index (κ2) is 3.62. The summed E-state index contributed by atoms with van der Waals surface area (Å²) in [5, 5.41) is 0. The number of ketones is 1. The van der Waals surface area contributed by atoms with Crippen LogP contribution >= 0.6 is 0 Å². The fraction of sp³-hybridized carbons (Fsp3) is 0.643. The van der Waals surface area contributed by atoms with Crippen molar-refractivity contribution in [3.8, 4) is 0 Å². The van der Waals surface area contributed by atoms with E-state index in [4.69, 9.17) is 0 Å². The first-order valence-corrected chi connectivity index (χ1v) is 6.27. The van der Waals surface area contributed by atoms with Crippen LogP contribution in [0.1, 0.15) is 38.5 Å². The first kappa shape index (κ1) is 9.38. The van der Waals surface area contributed by atoms with Crippen LogP contribution in [0.5, 0.6) is 0 Å². The fourth-order valence-electron chi connectivity index (χ4n) is 3.60. The minimum atomic E-state index is 0.382. The molecule has 0 bridgehead atoms. The van der Waals surface area contributed by atoms with E-state index in [1.807, 2.05) is 0 Å². The van der Waals surface area contributed by atoms with E-state index in [9.17, 15) is 4.79 Å². The minimum absolute atomic E-state index is 0.382. The highest BCUT2D eigenvalue weighted by atomic mass is 16.1. The van der Waals surface area contributed by atoms with E-state index in [1.165, 1.54) is 25.7 Å². The van der Waals surface area contributed by atoms with Gasteiger partial charge in [-0.25, -0.2) is 0 Å². The lowest BCUT2D eigenvalue weighted by atomic mass is 9.63. The third-order valence-corrected chi connectivity index (χ3v) is 4.39. The molecule has 2 fully saturated rings. The summed E-state index contributed by atoms with van der Waals surface area (Å²) in [4.78, 5) is 12.3. The van der Waals surface area contributed by atoms with Crippen molar-refractivity contribution in [3.63, 3.8) is 0 Å². The molecule has 15 heavy (non-hydrogen) atoms. The van der Waals surface area contributed by atoms with Crippen molar-refractivity contribution in [3.05, 3.63) is 23.8 Å². The normalized spacial score (nSPS) is 39.3. The van der Waals surface area contributed by atoms with Crippen molar-refractivity contribution in [1.82, 2.24) is 0 Å². The number of fused-ring (bicyclic) bond motifs is 2. The number of Topliss-reactive ketones (excluding diaryl/α,β-unsaturated/α-hetero) is 1. The van der Waals surface area contributed by atoms with Crippen LogP contribution in [0.2, 0.25) is 0 Å². The van der Waals surface area contributed by atoms with E-state index in [1.54, 1.807) is 0 Å². The number of allylic oxidation sites excluding steroid dienone is 4. The molecule has 0 aromatic carbocycles. The summed E-state index contributed by atoms with van der Waals surface area (Å²) >= 11 is 0. The van der Waals surface area contributed by atoms with Gasteiger partial charge in [0, 0.05) is 5.92 Å². The van der Waals surface area contributed by atoms with E-state index in [2.05, 4.69) is 18.2 Å². The lowest BCUT2D eigenvalue weighted by Crippen LogP contribution is -2.37. The SMILES string of the molecule is O=C1C2=CC=CCC2CC2CCCCC12. The first-order valence-electron chi connectivity index (χ1n) is 6.27. The zero-order valence-electron chi connectivity index (χ0n) is 9.11. The molecule has 80 valence electrons. The van der Waals surface area contributed by atoms with Crippen LogP contribution in [0.25, 0.3) is 0 Å². The topological polar surface area (TPSA) is 17.1 Å². The second-order valence-electron chi connectivity index (χ2n) is 5.23. The maximum Gasteiger partial charge on any atom is 0.162 e. The molecule has 3 aliphatic carbocycles. The van der Waals surface area contributed by atoms with Crippen LogP contribution < -0.4 is 0 Å². The van der Waals surface area contributed by atoms with E-state index < -0.39 is 0 Å². The zero-order valence-corrected chi connectivity index (χ0v) is 9.11. The maximum absolute atomic E-state index is 12.3. The third-order valence-electron chi connectivity index (χ3n) is 4.39. The molecule has 0 spiro atoms.